The van der Waals surface area contributed by atoms with Crippen LogP contribution in [-0.4, -0.2) is 38.4 Å². The molecule has 19 heavy (non-hydrogen) atoms. The number of esters is 2. The quantitative estimate of drug-likeness (QED) is 0.456. The Balaban J connectivity index is 3.68. The van der Waals surface area contributed by atoms with Gasteiger partial charge in [0.1, 0.15) is 26.4 Å². The summed E-state index contributed by atoms with van der Waals surface area (Å²) in [5, 5.41) is 16.7. The first-order valence-corrected chi connectivity index (χ1v) is 5.04. The third-order valence-corrected chi connectivity index (χ3v) is 1.57. The Morgan fingerprint density at radius 3 is 1.53 bits per heavy atom. The molecule has 100 valence electrons. The highest BCUT2D eigenvalue weighted by molar-refractivity contribution is 5.73. The lowest BCUT2D eigenvalue weighted by molar-refractivity contribution is -0.154. The zero-order valence-electron chi connectivity index (χ0n) is 10.2. The lowest BCUT2D eigenvalue weighted by Gasteiger charge is -2.05. The molecule has 0 aliphatic heterocycles. The molecule has 0 bridgehead atoms. The van der Waals surface area contributed by atoms with Crippen LogP contribution in [0.4, 0.5) is 0 Å². The number of ether oxygens (including phenoxy) is 3. The molecule has 0 aromatic rings. The molecule has 0 heterocycles. The summed E-state index contributed by atoms with van der Waals surface area (Å²) in [4.78, 5) is 22.1. The van der Waals surface area contributed by atoms with Crippen molar-refractivity contribution in [3.05, 3.63) is 24.3 Å². The molecule has 0 N–H and O–H groups in total. The van der Waals surface area contributed by atoms with Crippen molar-refractivity contribution in [2.24, 2.45) is 0 Å². The van der Waals surface area contributed by atoms with Gasteiger partial charge in [0.15, 0.2) is 0 Å². The third kappa shape index (κ3) is 9.10. The Bertz CT molecular complexity index is 414. The molecule has 7 heteroatoms. The Labute approximate surface area is 110 Å². The van der Waals surface area contributed by atoms with E-state index in [1.165, 1.54) is 0 Å². The van der Waals surface area contributed by atoms with Crippen molar-refractivity contribution in [3.63, 3.8) is 0 Å². The van der Waals surface area contributed by atoms with Gasteiger partial charge >= 0.3 is 11.9 Å². The molecule has 0 aromatic heterocycles. The van der Waals surface area contributed by atoms with Gasteiger partial charge in [-0.25, -0.2) is 9.59 Å². The van der Waals surface area contributed by atoms with E-state index in [4.69, 9.17) is 15.3 Å². The molecule has 0 saturated carbocycles. The van der Waals surface area contributed by atoms with Gasteiger partial charge in [-0.05, 0) is 0 Å². The monoisotopic (exact) mass is 264 g/mol. The van der Waals surface area contributed by atoms with Gasteiger partial charge < -0.3 is 14.2 Å². The molecule has 0 unspecified atom stereocenters. The van der Waals surface area contributed by atoms with Crippen molar-refractivity contribution in [3.8, 4) is 12.1 Å². The van der Waals surface area contributed by atoms with E-state index >= 15 is 0 Å². The van der Waals surface area contributed by atoms with Crippen LogP contribution in [0.25, 0.3) is 0 Å². The van der Waals surface area contributed by atoms with Crippen LogP contribution >= 0.6 is 0 Å². The molecule has 0 fully saturated rings. The number of hydrogen-bond donors (Lipinski definition) is 0. The summed E-state index contributed by atoms with van der Waals surface area (Å²) in [6.07, 6.45) is 0. The van der Waals surface area contributed by atoms with Crippen LogP contribution in [0, 0.1) is 22.7 Å². The number of carbonyl (C=O) groups is 2. The number of rotatable bonds is 8. The molecular formula is C12H12N2O5. The molecule has 0 saturated heterocycles. The minimum atomic E-state index is -0.731. The Morgan fingerprint density at radius 2 is 1.21 bits per heavy atom. The highest BCUT2D eigenvalue weighted by Crippen LogP contribution is 1.92. The van der Waals surface area contributed by atoms with Gasteiger partial charge in [0.05, 0.1) is 23.3 Å². The third-order valence-electron chi connectivity index (χ3n) is 1.57. The summed E-state index contributed by atoms with van der Waals surface area (Å²) in [6.45, 7) is 5.29. The van der Waals surface area contributed by atoms with E-state index in [0.717, 1.165) is 0 Å². The van der Waals surface area contributed by atoms with E-state index < -0.39 is 25.2 Å². The summed E-state index contributed by atoms with van der Waals surface area (Å²) in [5.74, 6) is -1.46. The second-order valence-corrected chi connectivity index (χ2v) is 3.24. The first-order chi connectivity index (χ1) is 8.99. The fourth-order valence-electron chi connectivity index (χ4n) is 0.701. The van der Waals surface area contributed by atoms with Gasteiger partial charge in [-0.1, -0.05) is 13.2 Å². The van der Waals surface area contributed by atoms with Crippen molar-refractivity contribution in [2.75, 3.05) is 26.4 Å². The first kappa shape index (κ1) is 16.4. The first-order valence-electron chi connectivity index (χ1n) is 5.04. The standard InChI is InChI=1S/C12H12N2O5/c1-9(3-13)5-18-11(15)7-17-8-12(16)19-6-10(2)4-14/h1-2,5-8H2. The van der Waals surface area contributed by atoms with Crippen LogP contribution in [0.3, 0.4) is 0 Å². The van der Waals surface area contributed by atoms with Crippen LogP contribution in [-0.2, 0) is 23.8 Å². The van der Waals surface area contributed by atoms with E-state index in [9.17, 15) is 9.59 Å². The van der Waals surface area contributed by atoms with Crippen LogP contribution < -0.4 is 0 Å². The molecule has 0 radical (unpaired) electrons. The summed E-state index contributed by atoms with van der Waals surface area (Å²) >= 11 is 0. The molecule has 0 atom stereocenters. The maximum atomic E-state index is 11.1. The van der Waals surface area contributed by atoms with Gasteiger partial charge in [0, 0.05) is 0 Å². The van der Waals surface area contributed by atoms with Crippen LogP contribution in [0.2, 0.25) is 0 Å². The fraction of sp³-hybridized carbons (Fsp3) is 0.333. The van der Waals surface area contributed by atoms with Gasteiger partial charge in [0.2, 0.25) is 0 Å². The molecule has 0 spiro atoms. The van der Waals surface area contributed by atoms with Crippen molar-refractivity contribution in [1.82, 2.24) is 0 Å². The van der Waals surface area contributed by atoms with Gasteiger partial charge in [-0.2, -0.15) is 10.5 Å². The number of carbonyl (C=O) groups excluding carboxylic acids is 2. The normalized spacial score (nSPS) is 8.74. The molecule has 7 nitrogen and oxygen atoms in total. The molecule has 0 amide bonds. The Hall–Kier alpha value is -2.64. The highest BCUT2D eigenvalue weighted by Gasteiger charge is 2.08. The topological polar surface area (TPSA) is 109 Å². The SMILES string of the molecule is C=C(C#N)COC(=O)COCC(=O)OCC(=C)C#N. The van der Waals surface area contributed by atoms with Crippen molar-refractivity contribution >= 4 is 11.9 Å². The lowest BCUT2D eigenvalue weighted by atomic mass is 10.4. The van der Waals surface area contributed by atoms with Crippen molar-refractivity contribution < 1.29 is 23.8 Å². The largest absolute Gasteiger partial charge is 0.458 e. The zero-order valence-corrected chi connectivity index (χ0v) is 10.2. The zero-order chi connectivity index (χ0) is 14.7. The maximum absolute atomic E-state index is 11.1. The number of hydrogen-bond acceptors (Lipinski definition) is 7. The second kappa shape index (κ2) is 9.40. The van der Waals surface area contributed by atoms with Crippen LogP contribution in [0.15, 0.2) is 24.3 Å². The van der Waals surface area contributed by atoms with Crippen molar-refractivity contribution in [1.29, 1.82) is 10.5 Å². The average molecular weight is 264 g/mol. The smallest absolute Gasteiger partial charge is 0.332 e. The van der Waals surface area contributed by atoms with Gasteiger partial charge in [-0.3, -0.25) is 0 Å². The predicted octanol–water partition coefficient (Wildman–Crippen LogP) is 0.249. The van der Waals surface area contributed by atoms with Crippen LogP contribution in [0.1, 0.15) is 0 Å². The van der Waals surface area contributed by atoms with E-state index in [0.29, 0.717) is 0 Å². The van der Waals surface area contributed by atoms with Crippen LogP contribution in [0.5, 0.6) is 0 Å². The minimum Gasteiger partial charge on any atom is -0.458 e. The molecule has 0 aromatic carbocycles. The van der Waals surface area contributed by atoms with E-state index in [1.54, 1.807) is 12.1 Å². The number of nitrogens with zero attached hydrogens (tertiary/aromatic N) is 2. The summed E-state index contributed by atoms with van der Waals surface area (Å²) in [7, 11) is 0. The van der Waals surface area contributed by atoms with E-state index in [-0.39, 0.29) is 24.4 Å². The molecule has 0 aliphatic rings. The van der Waals surface area contributed by atoms with Gasteiger partial charge in [0.25, 0.3) is 0 Å². The minimum absolute atomic E-state index is 0.0998. The molecule has 0 rings (SSSR count). The van der Waals surface area contributed by atoms with E-state index in [2.05, 4.69) is 22.6 Å². The highest BCUT2D eigenvalue weighted by atomic mass is 16.6. The summed E-state index contributed by atoms with van der Waals surface area (Å²) in [5.41, 5.74) is 0.200. The number of nitriles is 2. The molecular weight excluding hydrogens is 252 g/mol. The fourth-order valence-corrected chi connectivity index (χ4v) is 0.701. The second-order valence-electron chi connectivity index (χ2n) is 3.24. The Kier molecular flexibility index (Phi) is 8.09. The Morgan fingerprint density at radius 1 is 0.842 bits per heavy atom. The maximum Gasteiger partial charge on any atom is 0.332 e. The lowest BCUT2D eigenvalue weighted by Crippen LogP contribution is -2.19. The summed E-state index contributed by atoms with van der Waals surface area (Å²) in [6, 6.07) is 3.41. The average Bonchev–Trinajstić information content (AvgIpc) is 2.41. The van der Waals surface area contributed by atoms with E-state index in [1.807, 2.05) is 0 Å². The summed E-state index contributed by atoms with van der Waals surface area (Å²) < 4.78 is 13.9. The van der Waals surface area contributed by atoms with Crippen molar-refractivity contribution in [2.45, 2.75) is 0 Å². The predicted molar refractivity (Wildman–Crippen MR) is 62.2 cm³/mol. The molecule has 0 aliphatic carbocycles. The van der Waals surface area contributed by atoms with Gasteiger partial charge in [-0.15, -0.1) is 0 Å².